The molecule has 7 heteroatoms. The average Bonchev–Trinajstić information content (AvgIpc) is 3.19. The molecule has 32 heavy (non-hydrogen) atoms. The van der Waals surface area contributed by atoms with Crippen molar-refractivity contribution >= 4 is 21.1 Å². The number of aromatic nitrogens is 3. The molecule has 158 valence electrons. The van der Waals surface area contributed by atoms with Gasteiger partial charge in [-0.25, -0.2) is 18.5 Å². The summed E-state index contributed by atoms with van der Waals surface area (Å²) in [5, 5.41) is 5.24. The zero-order valence-corrected chi connectivity index (χ0v) is 17.9. The average molecular weight is 441 g/mol. The molecule has 2 aromatic heterocycles. The minimum absolute atomic E-state index is 0.0656. The summed E-state index contributed by atoms with van der Waals surface area (Å²) in [6.07, 6.45) is 4.34. The third kappa shape index (κ3) is 3.91. The number of hydrogen-bond donors (Lipinski definition) is 1. The molecule has 0 aliphatic carbocycles. The normalized spacial score (nSPS) is 11.7. The summed E-state index contributed by atoms with van der Waals surface area (Å²) in [5.41, 5.74) is 5.87. The third-order valence-electron chi connectivity index (χ3n) is 5.34. The zero-order valence-electron chi connectivity index (χ0n) is 17.1. The monoisotopic (exact) mass is 440 g/mol. The lowest BCUT2D eigenvalue weighted by molar-refractivity contribution is 0.598. The topological polar surface area (TPSA) is 90.9 Å². The van der Waals surface area contributed by atoms with Crippen LogP contribution in [0.5, 0.6) is 0 Å². The van der Waals surface area contributed by atoms with Gasteiger partial charge in [0.25, 0.3) is 0 Å². The number of sulfonamides is 1. The van der Waals surface area contributed by atoms with E-state index in [1.165, 1.54) is 23.3 Å². The SMILES string of the molecule is NS(=O)(=O)c1ccc(-c2nc3ccncc3n2-c2ccc(Cc3ccccc3)cc2)cc1. The second-order valence-electron chi connectivity index (χ2n) is 7.53. The molecule has 0 bridgehead atoms. The van der Waals surface area contributed by atoms with Crippen LogP contribution < -0.4 is 5.14 Å². The molecule has 3 aromatic carbocycles. The van der Waals surface area contributed by atoms with Crippen molar-refractivity contribution in [2.24, 2.45) is 5.14 Å². The Morgan fingerprint density at radius 3 is 2.19 bits per heavy atom. The van der Waals surface area contributed by atoms with Gasteiger partial charge < -0.3 is 0 Å². The molecule has 0 aliphatic heterocycles. The van der Waals surface area contributed by atoms with Crippen LogP contribution in [0.4, 0.5) is 0 Å². The van der Waals surface area contributed by atoms with Gasteiger partial charge >= 0.3 is 0 Å². The molecular weight excluding hydrogens is 420 g/mol. The molecule has 0 saturated carbocycles. The Morgan fingerprint density at radius 2 is 1.50 bits per heavy atom. The molecule has 2 N–H and O–H groups in total. The summed E-state index contributed by atoms with van der Waals surface area (Å²) < 4.78 is 25.3. The molecular formula is C25H20N4O2S. The Kier molecular flexibility index (Phi) is 5.05. The van der Waals surface area contributed by atoms with Crippen LogP contribution in [-0.4, -0.2) is 23.0 Å². The fourth-order valence-electron chi connectivity index (χ4n) is 3.77. The molecule has 2 heterocycles. The van der Waals surface area contributed by atoms with Crippen molar-refractivity contribution < 1.29 is 8.42 Å². The van der Waals surface area contributed by atoms with E-state index in [9.17, 15) is 8.42 Å². The van der Waals surface area contributed by atoms with E-state index in [0.29, 0.717) is 5.82 Å². The van der Waals surface area contributed by atoms with Crippen LogP contribution >= 0.6 is 0 Å². The molecule has 0 spiro atoms. The number of benzene rings is 3. The number of pyridine rings is 1. The van der Waals surface area contributed by atoms with Gasteiger partial charge in [-0.15, -0.1) is 0 Å². The van der Waals surface area contributed by atoms with E-state index in [1.807, 2.05) is 28.8 Å². The standard InChI is InChI=1S/C25H20N4O2S/c26-32(30,31)22-12-8-20(9-13-22)25-28-23-14-15-27-17-24(23)29(25)21-10-6-19(7-11-21)16-18-4-2-1-3-5-18/h1-15,17H,16H2,(H2,26,30,31). The highest BCUT2D eigenvalue weighted by Gasteiger charge is 2.16. The molecule has 0 atom stereocenters. The quantitative estimate of drug-likeness (QED) is 0.440. The van der Waals surface area contributed by atoms with Gasteiger partial charge in [-0.2, -0.15) is 0 Å². The first kappa shape index (κ1) is 20.1. The summed E-state index contributed by atoms with van der Waals surface area (Å²) in [6, 6.07) is 27.0. The third-order valence-corrected chi connectivity index (χ3v) is 6.27. The predicted molar refractivity (Wildman–Crippen MR) is 125 cm³/mol. The highest BCUT2D eigenvalue weighted by molar-refractivity contribution is 7.89. The van der Waals surface area contributed by atoms with Crippen molar-refractivity contribution in [1.82, 2.24) is 14.5 Å². The van der Waals surface area contributed by atoms with E-state index in [-0.39, 0.29) is 4.90 Å². The number of hydrogen-bond acceptors (Lipinski definition) is 4. The van der Waals surface area contributed by atoms with Gasteiger partial charge in [0.15, 0.2) is 0 Å². The smallest absolute Gasteiger partial charge is 0.238 e. The summed E-state index contributed by atoms with van der Waals surface area (Å²) in [5.74, 6) is 0.699. The Balaban J connectivity index is 1.58. The molecule has 0 saturated heterocycles. The Labute approximate surface area is 186 Å². The Bertz CT molecular complexity index is 1490. The van der Waals surface area contributed by atoms with Gasteiger partial charge in [0, 0.05) is 17.4 Å². The van der Waals surface area contributed by atoms with Crippen LogP contribution in [0.3, 0.4) is 0 Å². The minimum atomic E-state index is -3.76. The number of nitrogens with two attached hydrogens (primary N) is 1. The van der Waals surface area contributed by atoms with Crippen molar-refractivity contribution in [1.29, 1.82) is 0 Å². The maximum Gasteiger partial charge on any atom is 0.238 e. The highest BCUT2D eigenvalue weighted by Crippen LogP contribution is 2.29. The van der Waals surface area contributed by atoms with Crippen molar-refractivity contribution in [3.8, 4) is 17.1 Å². The van der Waals surface area contributed by atoms with Crippen LogP contribution in [0, 0.1) is 0 Å². The van der Waals surface area contributed by atoms with Gasteiger partial charge in [-0.1, -0.05) is 42.5 Å². The molecule has 5 aromatic rings. The van der Waals surface area contributed by atoms with Crippen LogP contribution in [0.25, 0.3) is 28.1 Å². The molecule has 0 amide bonds. The van der Waals surface area contributed by atoms with Crippen LogP contribution in [0.1, 0.15) is 11.1 Å². The summed E-state index contributed by atoms with van der Waals surface area (Å²) in [6.45, 7) is 0. The zero-order chi connectivity index (χ0) is 22.1. The number of nitrogens with zero attached hydrogens (tertiary/aromatic N) is 3. The largest absolute Gasteiger partial charge is 0.291 e. The molecule has 5 rings (SSSR count). The van der Waals surface area contributed by atoms with Crippen molar-refractivity contribution in [2.45, 2.75) is 11.3 Å². The van der Waals surface area contributed by atoms with Crippen molar-refractivity contribution in [3.63, 3.8) is 0 Å². The second kappa shape index (κ2) is 8.03. The van der Waals surface area contributed by atoms with E-state index in [4.69, 9.17) is 10.1 Å². The van der Waals surface area contributed by atoms with Gasteiger partial charge in [-0.3, -0.25) is 9.55 Å². The van der Waals surface area contributed by atoms with Crippen LogP contribution in [0.2, 0.25) is 0 Å². The molecule has 0 unspecified atom stereocenters. The molecule has 0 radical (unpaired) electrons. The molecule has 0 aliphatic rings. The fraction of sp³-hybridized carbons (Fsp3) is 0.0400. The van der Waals surface area contributed by atoms with E-state index in [0.717, 1.165) is 28.7 Å². The lowest BCUT2D eigenvalue weighted by Gasteiger charge is -2.11. The lowest BCUT2D eigenvalue weighted by Crippen LogP contribution is -2.11. The van der Waals surface area contributed by atoms with E-state index in [1.54, 1.807) is 24.5 Å². The maximum atomic E-state index is 11.6. The van der Waals surface area contributed by atoms with Gasteiger partial charge in [0.1, 0.15) is 5.82 Å². The highest BCUT2D eigenvalue weighted by atomic mass is 32.2. The summed E-state index contributed by atoms with van der Waals surface area (Å²) in [7, 11) is -3.76. The van der Waals surface area contributed by atoms with E-state index in [2.05, 4.69) is 41.4 Å². The lowest BCUT2D eigenvalue weighted by atomic mass is 10.0. The predicted octanol–water partition coefficient (Wildman–Crippen LogP) is 4.33. The Hall–Kier alpha value is -3.81. The molecule has 0 fully saturated rings. The van der Waals surface area contributed by atoms with Gasteiger partial charge in [-0.05, 0) is 60.0 Å². The van der Waals surface area contributed by atoms with E-state index >= 15 is 0 Å². The first-order valence-electron chi connectivity index (χ1n) is 10.1. The number of rotatable bonds is 5. The Morgan fingerprint density at radius 1 is 0.812 bits per heavy atom. The van der Waals surface area contributed by atoms with E-state index < -0.39 is 10.0 Å². The van der Waals surface area contributed by atoms with Gasteiger partial charge in [0.05, 0.1) is 22.1 Å². The maximum absolute atomic E-state index is 11.6. The van der Waals surface area contributed by atoms with Crippen LogP contribution in [-0.2, 0) is 16.4 Å². The van der Waals surface area contributed by atoms with Crippen LogP contribution in [0.15, 0.2) is 102 Å². The van der Waals surface area contributed by atoms with Crippen molar-refractivity contribution in [3.05, 3.63) is 108 Å². The van der Waals surface area contributed by atoms with Gasteiger partial charge in [0.2, 0.25) is 10.0 Å². The van der Waals surface area contributed by atoms with Crippen molar-refractivity contribution in [2.75, 3.05) is 0 Å². The summed E-state index contributed by atoms with van der Waals surface area (Å²) in [4.78, 5) is 9.12. The first-order chi connectivity index (χ1) is 15.5. The fourth-order valence-corrected chi connectivity index (χ4v) is 4.28. The number of imidazole rings is 1. The molecule has 6 nitrogen and oxygen atoms in total. The number of primary sulfonamides is 1. The second-order valence-corrected chi connectivity index (χ2v) is 9.09. The number of fused-ring (bicyclic) bond motifs is 1. The minimum Gasteiger partial charge on any atom is -0.291 e. The summed E-state index contributed by atoms with van der Waals surface area (Å²) >= 11 is 0. The first-order valence-corrected chi connectivity index (χ1v) is 11.6.